The van der Waals surface area contributed by atoms with Crippen LogP contribution in [0.15, 0.2) is 77.4 Å². The van der Waals surface area contributed by atoms with Gasteiger partial charge in [0.25, 0.3) is 5.91 Å². The fourth-order valence-corrected chi connectivity index (χ4v) is 4.99. The number of halogens is 3. The summed E-state index contributed by atoms with van der Waals surface area (Å²) in [6, 6.07) is 20.6. The highest BCUT2D eigenvalue weighted by Gasteiger charge is 2.17. The van der Waals surface area contributed by atoms with Crippen LogP contribution in [-0.2, 0) is 13.1 Å². The number of aryl methyl sites for hydroxylation is 1. The number of nitrogens with one attached hydrogen (secondary N) is 1. The number of hydrogen-bond acceptors (Lipinski definition) is 2. The largest absolute Gasteiger partial charge is 0.340 e. The lowest BCUT2D eigenvalue weighted by Crippen LogP contribution is -2.13. The van der Waals surface area contributed by atoms with Crippen molar-refractivity contribution < 1.29 is 9.18 Å². The zero-order valence-corrected chi connectivity index (χ0v) is 22.1. The van der Waals surface area contributed by atoms with E-state index in [4.69, 9.17) is 11.6 Å². The SMILES string of the molecule is Cc1c(C)n(Cc2ccccc2)c2ccc(C(=O)Nc3nn(Cc4c(F)cccc4Cl)cc3Br)cc12. The summed E-state index contributed by atoms with van der Waals surface area (Å²) in [5.41, 5.74) is 5.47. The highest BCUT2D eigenvalue weighted by Crippen LogP contribution is 2.29. The molecule has 5 nitrogen and oxygen atoms in total. The summed E-state index contributed by atoms with van der Waals surface area (Å²) in [5.74, 6) is -0.334. The molecule has 36 heavy (non-hydrogen) atoms. The lowest BCUT2D eigenvalue weighted by molar-refractivity contribution is 0.102. The number of hydrogen-bond donors (Lipinski definition) is 1. The number of amides is 1. The molecule has 5 aromatic rings. The lowest BCUT2D eigenvalue weighted by Gasteiger charge is -2.09. The summed E-state index contributed by atoms with van der Waals surface area (Å²) in [6.07, 6.45) is 1.68. The Bertz CT molecular complexity index is 1570. The van der Waals surface area contributed by atoms with Crippen molar-refractivity contribution in [2.45, 2.75) is 26.9 Å². The molecule has 182 valence electrons. The summed E-state index contributed by atoms with van der Waals surface area (Å²) < 4.78 is 18.6. The van der Waals surface area contributed by atoms with Gasteiger partial charge in [-0.15, -0.1) is 0 Å². The van der Waals surface area contributed by atoms with Gasteiger partial charge in [0.15, 0.2) is 5.82 Å². The molecular weight excluding hydrogens is 543 g/mol. The van der Waals surface area contributed by atoms with Crippen LogP contribution < -0.4 is 5.32 Å². The molecule has 0 saturated carbocycles. The molecule has 5 rings (SSSR count). The Balaban J connectivity index is 1.39. The number of benzene rings is 3. The number of rotatable bonds is 6. The summed E-state index contributed by atoms with van der Waals surface area (Å²) >= 11 is 9.58. The molecule has 0 saturated heterocycles. The third-order valence-corrected chi connectivity index (χ3v) is 7.35. The van der Waals surface area contributed by atoms with Crippen molar-refractivity contribution in [3.05, 3.63) is 116 Å². The highest BCUT2D eigenvalue weighted by molar-refractivity contribution is 9.10. The van der Waals surface area contributed by atoms with Crippen molar-refractivity contribution in [1.82, 2.24) is 14.3 Å². The van der Waals surface area contributed by atoms with Gasteiger partial charge in [0, 0.05) is 45.5 Å². The molecular formula is C28H23BrClFN4O. The molecule has 0 aliphatic heterocycles. The molecule has 0 radical (unpaired) electrons. The molecule has 3 aromatic carbocycles. The lowest BCUT2D eigenvalue weighted by atomic mass is 10.1. The van der Waals surface area contributed by atoms with Crippen molar-refractivity contribution >= 4 is 50.2 Å². The van der Waals surface area contributed by atoms with E-state index < -0.39 is 5.82 Å². The van der Waals surface area contributed by atoms with E-state index in [0.717, 1.165) is 23.0 Å². The zero-order valence-electron chi connectivity index (χ0n) is 19.7. The van der Waals surface area contributed by atoms with E-state index in [1.54, 1.807) is 18.3 Å². The Morgan fingerprint density at radius 1 is 1.06 bits per heavy atom. The first-order chi connectivity index (χ1) is 17.3. The Labute approximate surface area is 221 Å². The third-order valence-electron chi connectivity index (χ3n) is 6.42. The van der Waals surface area contributed by atoms with Gasteiger partial charge >= 0.3 is 0 Å². The Morgan fingerprint density at radius 3 is 2.58 bits per heavy atom. The Hall–Kier alpha value is -3.42. The predicted molar refractivity (Wildman–Crippen MR) is 145 cm³/mol. The van der Waals surface area contributed by atoms with Crippen LogP contribution in [0.25, 0.3) is 10.9 Å². The van der Waals surface area contributed by atoms with Crippen molar-refractivity contribution in [3.63, 3.8) is 0 Å². The van der Waals surface area contributed by atoms with E-state index >= 15 is 0 Å². The first-order valence-electron chi connectivity index (χ1n) is 11.4. The van der Waals surface area contributed by atoms with Crippen LogP contribution >= 0.6 is 27.5 Å². The van der Waals surface area contributed by atoms with Gasteiger partial charge in [-0.2, -0.15) is 5.10 Å². The van der Waals surface area contributed by atoms with Crippen LogP contribution in [0.3, 0.4) is 0 Å². The van der Waals surface area contributed by atoms with E-state index in [2.05, 4.69) is 56.9 Å². The molecule has 2 heterocycles. The summed E-state index contributed by atoms with van der Waals surface area (Å²) in [5, 5.41) is 8.62. The number of fused-ring (bicyclic) bond motifs is 1. The number of anilines is 1. The number of aromatic nitrogens is 3. The molecule has 1 N–H and O–H groups in total. The third kappa shape index (κ3) is 4.68. The van der Waals surface area contributed by atoms with E-state index in [1.165, 1.54) is 22.0 Å². The van der Waals surface area contributed by atoms with Crippen LogP contribution in [0.2, 0.25) is 5.02 Å². The molecule has 0 atom stereocenters. The maximum absolute atomic E-state index is 14.2. The highest BCUT2D eigenvalue weighted by atomic mass is 79.9. The van der Waals surface area contributed by atoms with Gasteiger partial charge in [0.05, 0.1) is 11.0 Å². The van der Waals surface area contributed by atoms with E-state index in [1.807, 2.05) is 36.4 Å². The molecule has 0 unspecified atom stereocenters. The molecule has 0 fully saturated rings. The van der Waals surface area contributed by atoms with Crippen molar-refractivity contribution in [2.75, 3.05) is 5.32 Å². The predicted octanol–water partition coefficient (Wildman–Crippen LogP) is 7.36. The quantitative estimate of drug-likeness (QED) is 0.234. The van der Waals surface area contributed by atoms with E-state index in [0.29, 0.717) is 26.4 Å². The Morgan fingerprint density at radius 2 is 1.83 bits per heavy atom. The molecule has 0 aliphatic carbocycles. The minimum atomic E-state index is -0.405. The van der Waals surface area contributed by atoms with Gasteiger partial charge in [0.1, 0.15) is 5.82 Å². The average molecular weight is 566 g/mol. The molecule has 0 bridgehead atoms. The monoisotopic (exact) mass is 564 g/mol. The molecule has 0 aliphatic rings. The number of carbonyl (C=O) groups is 1. The maximum atomic E-state index is 14.2. The van der Waals surface area contributed by atoms with Crippen molar-refractivity contribution in [3.8, 4) is 0 Å². The average Bonchev–Trinajstić information content (AvgIpc) is 3.33. The zero-order chi connectivity index (χ0) is 25.4. The van der Waals surface area contributed by atoms with Gasteiger partial charge in [0.2, 0.25) is 0 Å². The number of carbonyl (C=O) groups excluding carboxylic acids is 1. The molecule has 0 spiro atoms. The molecule has 1 amide bonds. The van der Waals surface area contributed by atoms with Gasteiger partial charge in [-0.1, -0.05) is 48.0 Å². The summed E-state index contributed by atoms with van der Waals surface area (Å²) in [6.45, 7) is 5.08. The fourth-order valence-electron chi connectivity index (χ4n) is 4.35. The van der Waals surface area contributed by atoms with Crippen LogP contribution in [0.5, 0.6) is 0 Å². The van der Waals surface area contributed by atoms with Crippen molar-refractivity contribution in [1.29, 1.82) is 0 Å². The maximum Gasteiger partial charge on any atom is 0.256 e. The standard InChI is InChI=1S/C28H23BrClFN4O/c1-17-18(2)35(14-19-7-4-3-5-8-19)26-12-11-20(13-21(17)26)28(36)32-27-23(29)16-34(33-27)15-22-24(30)9-6-10-25(22)31/h3-13,16H,14-15H2,1-2H3,(H,32,33,36). The van der Waals surface area contributed by atoms with Gasteiger partial charge in [-0.25, -0.2) is 4.39 Å². The first kappa shape index (κ1) is 24.3. The topological polar surface area (TPSA) is 51.9 Å². The fraction of sp³-hybridized carbons (Fsp3) is 0.143. The molecule has 2 aromatic heterocycles. The first-order valence-corrected chi connectivity index (χ1v) is 12.6. The van der Waals surface area contributed by atoms with E-state index in [9.17, 15) is 9.18 Å². The second-order valence-corrected chi connectivity index (χ2v) is 9.95. The van der Waals surface area contributed by atoms with Gasteiger partial charge < -0.3 is 9.88 Å². The van der Waals surface area contributed by atoms with Crippen molar-refractivity contribution in [2.24, 2.45) is 0 Å². The normalized spacial score (nSPS) is 11.2. The van der Waals surface area contributed by atoms with Crippen LogP contribution in [-0.4, -0.2) is 20.3 Å². The minimum absolute atomic E-state index is 0.138. The smallest absolute Gasteiger partial charge is 0.256 e. The van der Waals surface area contributed by atoms with Crippen LogP contribution in [0.4, 0.5) is 10.2 Å². The Kier molecular flexibility index (Phi) is 6.69. The van der Waals surface area contributed by atoms with Crippen LogP contribution in [0.1, 0.15) is 32.7 Å². The second kappa shape index (κ2) is 9.91. The number of nitrogens with zero attached hydrogens (tertiary/aromatic N) is 3. The van der Waals surface area contributed by atoms with Gasteiger partial charge in [-0.05, 0) is 71.2 Å². The van der Waals surface area contributed by atoms with Crippen LogP contribution in [0, 0.1) is 19.7 Å². The minimum Gasteiger partial charge on any atom is -0.340 e. The summed E-state index contributed by atoms with van der Waals surface area (Å²) in [4.78, 5) is 13.1. The van der Waals surface area contributed by atoms with Gasteiger partial charge in [-0.3, -0.25) is 9.48 Å². The van der Waals surface area contributed by atoms with E-state index in [-0.39, 0.29) is 12.5 Å². The summed E-state index contributed by atoms with van der Waals surface area (Å²) in [7, 11) is 0. The second-order valence-electron chi connectivity index (χ2n) is 8.69. The molecule has 8 heteroatoms.